The standard InChI is InChI=1S/C30H32N2O2S/c1-24-19-21-28(22-20-24)35(33,34)32-30(27-17-9-4-10-18-27)29(26-15-7-3-8-16-26)31-23-11-14-25-12-5-2-6-13-25/h2-10,12-13,15-22,29-32H,11,14,23H2,1H3/t29-,30-/m1/s1. The van der Waals surface area contributed by atoms with E-state index in [2.05, 4.69) is 34.3 Å². The van der Waals surface area contributed by atoms with E-state index in [-0.39, 0.29) is 10.9 Å². The van der Waals surface area contributed by atoms with E-state index < -0.39 is 16.1 Å². The molecule has 0 fully saturated rings. The highest BCUT2D eigenvalue weighted by Crippen LogP contribution is 2.31. The van der Waals surface area contributed by atoms with Gasteiger partial charge in [-0.2, -0.15) is 0 Å². The monoisotopic (exact) mass is 484 g/mol. The van der Waals surface area contributed by atoms with Crippen LogP contribution < -0.4 is 10.0 Å². The van der Waals surface area contributed by atoms with Crippen molar-refractivity contribution < 1.29 is 8.42 Å². The number of sulfonamides is 1. The summed E-state index contributed by atoms with van der Waals surface area (Å²) >= 11 is 0. The van der Waals surface area contributed by atoms with Gasteiger partial charge in [0.1, 0.15) is 0 Å². The Bertz CT molecular complexity index is 1280. The van der Waals surface area contributed by atoms with Gasteiger partial charge in [-0.15, -0.1) is 0 Å². The first-order chi connectivity index (χ1) is 17.0. The zero-order chi connectivity index (χ0) is 24.5. The quantitative estimate of drug-likeness (QED) is 0.258. The average Bonchev–Trinajstić information content (AvgIpc) is 2.89. The highest BCUT2D eigenvalue weighted by atomic mass is 32.2. The van der Waals surface area contributed by atoms with E-state index in [0.29, 0.717) is 0 Å². The van der Waals surface area contributed by atoms with Gasteiger partial charge in [0.25, 0.3) is 0 Å². The summed E-state index contributed by atoms with van der Waals surface area (Å²) in [6.45, 7) is 2.70. The van der Waals surface area contributed by atoms with Crippen molar-refractivity contribution in [1.82, 2.24) is 10.0 Å². The molecule has 4 nitrogen and oxygen atoms in total. The van der Waals surface area contributed by atoms with Gasteiger partial charge in [-0.1, -0.05) is 109 Å². The molecular formula is C30H32N2O2S. The third-order valence-corrected chi connectivity index (χ3v) is 7.57. The molecule has 2 N–H and O–H groups in total. The maximum absolute atomic E-state index is 13.4. The number of hydrogen-bond acceptors (Lipinski definition) is 3. The van der Waals surface area contributed by atoms with Crippen LogP contribution >= 0.6 is 0 Å². The van der Waals surface area contributed by atoms with Crippen molar-refractivity contribution in [1.29, 1.82) is 0 Å². The zero-order valence-electron chi connectivity index (χ0n) is 20.0. The highest BCUT2D eigenvalue weighted by Gasteiger charge is 2.29. The Morgan fingerprint density at radius 3 is 1.74 bits per heavy atom. The minimum Gasteiger partial charge on any atom is -0.308 e. The molecule has 0 saturated heterocycles. The van der Waals surface area contributed by atoms with Gasteiger partial charge in [-0.05, 0) is 55.1 Å². The van der Waals surface area contributed by atoms with E-state index in [4.69, 9.17) is 0 Å². The van der Waals surface area contributed by atoms with E-state index in [1.165, 1.54) is 5.56 Å². The summed E-state index contributed by atoms with van der Waals surface area (Å²) in [5, 5.41) is 3.66. The van der Waals surface area contributed by atoms with Gasteiger partial charge in [0.2, 0.25) is 10.0 Å². The predicted octanol–water partition coefficient (Wildman–Crippen LogP) is 5.98. The lowest BCUT2D eigenvalue weighted by atomic mass is 9.94. The lowest BCUT2D eigenvalue weighted by Crippen LogP contribution is -2.39. The number of nitrogens with one attached hydrogen (secondary N) is 2. The van der Waals surface area contributed by atoms with Crippen LogP contribution in [0.25, 0.3) is 0 Å². The second kappa shape index (κ2) is 11.9. The summed E-state index contributed by atoms with van der Waals surface area (Å²) in [6, 6.07) is 36.5. The fraction of sp³-hybridized carbons (Fsp3) is 0.200. The average molecular weight is 485 g/mol. The fourth-order valence-electron chi connectivity index (χ4n) is 4.22. The molecule has 0 saturated carbocycles. The number of benzene rings is 4. The molecule has 4 aromatic rings. The van der Waals surface area contributed by atoms with Crippen LogP contribution in [-0.2, 0) is 16.4 Å². The van der Waals surface area contributed by atoms with Crippen molar-refractivity contribution in [3.05, 3.63) is 138 Å². The Balaban J connectivity index is 1.61. The van der Waals surface area contributed by atoms with Crippen LogP contribution in [0.5, 0.6) is 0 Å². The van der Waals surface area contributed by atoms with Crippen molar-refractivity contribution in [3.8, 4) is 0 Å². The first kappa shape index (κ1) is 24.9. The van der Waals surface area contributed by atoms with Gasteiger partial charge in [0, 0.05) is 0 Å². The smallest absolute Gasteiger partial charge is 0.241 e. The maximum atomic E-state index is 13.4. The van der Waals surface area contributed by atoms with Gasteiger partial charge in [-0.3, -0.25) is 0 Å². The van der Waals surface area contributed by atoms with Crippen LogP contribution in [0.4, 0.5) is 0 Å². The fourth-order valence-corrected chi connectivity index (χ4v) is 5.46. The molecule has 5 heteroatoms. The SMILES string of the molecule is Cc1ccc(S(=O)(=O)N[C@H](c2ccccc2)[C@H](NCCCc2ccccc2)c2ccccc2)cc1. The Morgan fingerprint density at radius 2 is 1.17 bits per heavy atom. The Hall–Kier alpha value is -3.25. The minimum absolute atomic E-state index is 0.241. The topological polar surface area (TPSA) is 58.2 Å². The van der Waals surface area contributed by atoms with Crippen molar-refractivity contribution in [2.45, 2.75) is 36.7 Å². The van der Waals surface area contributed by atoms with E-state index >= 15 is 0 Å². The molecule has 0 bridgehead atoms. The molecule has 4 rings (SSSR count). The van der Waals surface area contributed by atoms with Crippen LogP contribution in [0, 0.1) is 6.92 Å². The molecule has 0 aromatic heterocycles. The largest absolute Gasteiger partial charge is 0.308 e. The van der Waals surface area contributed by atoms with Gasteiger partial charge in [0.15, 0.2) is 0 Å². The first-order valence-corrected chi connectivity index (χ1v) is 13.5. The molecule has 0 amide bonds. The van der Waals surface area contributed by atoms with Crippen molar-refractivity contribution >= 4 is 10.0 Å². The maximum Gasteiger partial charge on any atom is 0.241 e. The Morgan fingerprint density at radius 1 is 0.657 bits per heavy atom. The molecule has 180 valence electrons. The molecular weight excluding hydrogens is 452 g/mol. The molecule has 2 atom stereocenters. The molecule has 0 aliphatic heterocycles. The van der Waals surface area contributed by atoms with E-state index in [1.807, 2.05) is 85.8 Å². The number of aryl methyl sites for hydroxylation is 2. The van der Waals surface area contributed by atoms with Crippen LogP contribution in [-0.4, -0.2) is 15.0 Å². The summed E-state index contributed by atoms with van der Waals surface area (Å²) in [7, 11) is -3.74. The summed E-state index contributed by atoms with van der Waals surface area (Å²) in [6.07, 6.45) is 1.90. The van der Waals surface area contributed by atoms with Crippen molar-refractivity contribution in [2.24, 2.45) is 0 Å². The summed E-state index contributed by atoms with van der Waals surface area (Å²) in [5.41, 5.74) is 4.26. The van der Waals surface area contributed by atoms with Crippen LogP contribution in [0.1, 0.15) is 40.8 Å². The van der Waals surface area contributed by atoms with Gasteiger partial charge >= 0.3 is 0 Å². The summed E-state index contributed by atoms with van der Waals surface area (Å²) in [5.74, 6) is 0. The van der Waals surface area contributed by atoms with Gasteiger partial charge < -0.3 is 5.32 Å². The molecule has 0 aliphatic carbocycles. The third-order valence-electron chi connectivity index (χ3n) is 6.11. The van der Waals surface area contributed by atoms with Crippen molar-refractivity contribution in [3.63, 3.8) is 0 Å². The Labute approximate surface area is 209 Å². The summed E-state index contributed by atoms with van der Waals surface area (Å²) < 4.78 is 29.9. The van der Waals surface area contributed by atoms with E-state index in [0.717, 1.165) is 36.1 Å². The van der Waals surface area contributed by atoms with E-state index in [9.17, 15) is 8.42 Å². The van der Waals surface area contributed by atoms with Crippen molar-refractivity contribution in [2.75, 3.05) is 6.54 Å². The molecule has 35 heavy (non-hydrogen) atoms. The molecule has 4 aromatic carbocycles. The third kappa shape index (κ3) is 6.89. The van der Waals surface area contributed by atoms with Crippen LogP contribution in [0.3, 0.4) is 0 Å². The normalized spacial score (nSPS) is 13.3. The first-order valence-electron chi connectivity index (χ1n) is 12.0. The van der Waals surface area contributed by atoms with Gasteiger partial charge in [-0.25, -0.2) is 13.1 Å². The lowest BCUT2D eigenvalue weighted by Gasteiger charge is -2.30. The van der Waals surface area contributed by atoms with Crippen LogP contribution in [0.15, 0.2) is 120 Å². The molecule has 0 aliphatic rings. The zero-order valence-corrected chi connectivity index (χ0v) is 20.8. The molecule has 0 spiro atoms. The minimum atomic E-state index is -3.74. The lowest BCUT2D eigenvalue weighted by molar-refractivity contribution is 0.420. The van der Waals surface area contributed by atoms with Crippen LogP contribution in [0.2, 0.25) is 0 Å². The Kier molecular flexibility index (Phi) is 8.48. The molecule has 0 radical (unpaired) electrons. The summed E-state index contributed by atoms with van der Waals surface area (Å²) in [4.78, 5) is 0.264. The predicted molar refractivity (Wildman–Crippen MR) is 143 cm³/mol. The second-order valence-electron chi connectivity index (χ2n) is 8.75. The number of hydrogen-bond donors (Lipinski definition) is 2. The molecule has 0 heterocycles. The molecule has 0 unspecified atom stereocenters. The highest BCUT2D eigenvalue weighted by molar-refractivity contribution is 7.89. The van der Waals surface area contributed by atoms with E-state index in [1.54, 1.807) is 12.1 Å². The second-order valence-corrected chi connectivity index (χ2v) is 10.5. The van der Waals surface area contributed by atoms with Gasteiger partial charge in [0.05, 0.1) is 17.0 Å². The number of rotatable bonds is 11.